The summed E-state index contributed by atoms with van der Waals surface area (Å²) in [7, 11) is 0. The minimum absolute atomic E-state index is 0.812. The summed E-state index contributed by atoms with van der Waals surface area (Å²) in [6, 6.07) is 10.5. The Balaban J connectivity index is 2.00. The van der Waals surface area contributed by atoms with E-state index in [1.54, 1.807) is 0 Å². The van der Waals surface area contributed by atoms with Gasteiger partial charge < -0.3 is 4.98 Å². The highest BCUT2D eigenvalue weighted by molar-refractivity contribution is 5.94. The Labute approximate surface area is 111 Å². The number of aryl methyl sites for hydroxylation is 1. The predicted molar refractivity (Wildman–Crippen MR) is 75.9 cm³/mol. The van der Waals surface area contributed by atoms with Crippen molar-refractivity contribution in [1.82, 2.24) is 15.0 Å². The summed E-state index contributed by atoms with van der Waals surface area (Å²) < 4.78 is 0. The molecule has 0 unspecified atom stereocenters. The molecule has 0 atom stereocenters. The molecule has 0 bridgehead atoms. The molecule has 4 rings (SSSR count). The van der Waals surface area contributed by atoms with Crippen molar-refractivity contribution in [1.29, 1.82) is 0 Å². The number of allylic oxidation sites excluding steroid dienone is 1. The van der Waals surface area contributed by atoms with Crippen LogP contribution in [0.1, 0.15) is 22.6 Å². The fourth-order valence-electron chi connectivity index (χ4n) is 2.76. The lowest BCUT2D eigenvalue weighted by molar-refractivity contribution is 1.07. The summed E-state index contributed by atoms with van der Waals surface area (Å²) in [5, 5.41) is 0. The Bertz CT molecular complexity index is 812. The van der Waals surface area contributed by atoms with Gasteiger partial charge in [0.2, 0.25) is 0 Å². The van der Waals surface area contributed by atoms with Crippen molar-refractivity contribution in [2.24, 2.45) is 0 Å². The number of nitrogens with one attached hydrogen (secondary N) is 1. The van der Waals surface area contributed by atoms with Crippen molar-refractivity contribution in [2.45, 2.75) is 13.3 Å². The fraction of sp³-hybridized carbons (Fsp3) is 0.125. The largest absolute Gasteiger partial charge is 0.358 e. The Morgan fingerprint density at radius 2 is 2.00 bits per heavy atom. The molecule has 0 saturated carbocycles. The van der Waals surface area contributed by atoms with Crippen LogP contribution in [0.15, 0.2) is 42.6 Å². The monoisotopic (exact) mass is 247 g/mol. The van der Waals surface area contributed by atoms with Crippen LogP contribution in [0.4, 0.5) is 0 Å². The van der Waals surface area contributed by atoms with Crippen molar-refractivity contribution in [2.75, 3.05) is 0 Å². The van der Waals surface area contributed by atoms with E-state index in [-0.39, 0.29) is 0 Å². The lowest BCUT2D eigenvalue weighted by atomic mass is 10.0. The van der Waals surface area contributed by atoms with Gasteiger partial charge in [0.25, 0.3) is 0 Å². The average molecular weight is 247 g/mol. The number of fused-ring (bicyclic) bond motifs is 2. The van der Waals surface area contributed by atoms with Gasteiger partial charge in [0.05, 0.1) is 16.7 Å². The third kappa shape index (κ3) is 1.51. The van der Waals surface area contributed by atoms with E-state index in [1.807, 2.05) is 19.2 Å². The molecule has 3 aromatic rings. The summed E-state index contributed by atoms with van der Waals surface area (Å²) in [6.07, 6.45) is 5.16. The maximum atomic E-state index is 4.64. The first-order chi connectivity index (χ1) is 9.33. The molecule has 3 heteroatoms. The zero-order valence-corrected chi connectivity index (χ0v) is 10.6. The lowest BCUT2D eigenvalue weighted by Crippen LogP contribution is -1.97. The molecule has 0 saturated heterocycles. The highest BCUT2D eigenvalue weighted by Crippen LogP contribution is 2.34. The van der Waals surface area contributed by atoms with Crippen molar-refractivity contribution in [3.8, 4) is 0 Å². The van der Waals surface area contributed by atoms with Crippen molar-refractivity contribution >= 4 is 16.6 Å². The molecule has 19 heavy (non-hydrogen) atoms. The molecule has 1 N–H and O–H groups in total. The van der Waals surface area contributed by atoms with Crippen LogP contribution in [-0.4, -0.2) is 15.0 Å². The first kappa shape index (κ1) is 10.5. The molecule has 1 aliphatic carbocycles. The quantitative estimate of drug-likeness (QED) is 0.717. The number of hydrogen-bond donors (Lipinski definition) is 1. The zero-order valence-electron chi connectivity index (χ0n) is 10.6. The van der Waals surface area contributed by atoms with Gasteiger partial charge in [-0.15, -0.1) is 0 Å². The molecular weight excluding hydrogens is 234 g/mol. The van der Waals surface area contributed by atoms with Gasteiger partial charge in [-0.2, -0.15) is 0 Å². The highest BCUT2D eigenvalue weighted by Gasteiger charge is 2.19. The third-order valence-electron chi connectivity index (χ3n) is 3.61. The normalized spacial score (nSPS) is 13.6. The zero-order chi connectivity index (χ0) is 12.8. The second-order valence-electron chi connectivity index (χ2n) is 4.84. The van der Waals surface area contributed by atoms with E-state index < -0.39 is 0 Å². The van der Waals surface area contributed by atoms with Crippen molar-refractivity contribution < 1.29 is 0 Å². The average Bonchev–Trinajstić information content (AvgIpc) is 3.03. The molecule has 1 aromatic carbocycles. The number of H-pyrrole nitrogens is 1. The van der Waals surface area contributed by atoms with E-state index in [0.29, 0.717) is 0 Å². The maximum absolute atomic E-state index is 4.64. The van der Waals surface area contributed by atoms with E-state index in [9.17, 15) is 0 Å². The molecule has 1 aliphatic rings. The van der Waals surface area contributed by atoms with E-state index >= 15 is 0 Å². The molecule has 92 valence electrons. The molecule has 0 aliphatic heterocycles. The van der Waals surface area contributed by atoms with E-state index in [4.69, 9.17) is 0 Å². The van der Waals surface area contributed by atoms with Gasteiger partial charge in [-0.3, -0.25) is 0 Å². The Kier molecular flexibility index (Phi) is 2.09. The van der Waals surface area contributed by atoms with Crippen LogP contribution in [0, 0.1) is 6.92 Å². The number of aromatic amines is 1. The molecular formula is C16H13N3. The van der Waals surface area contributed by atoms with Gasteiger partial charge in [0, 0.05) is 11.8 Å². The molecule has 2 aromatic heterocycles. The number of aromatic nitrogens is 3. The number of benzene rings is 1. The molecule has 0 fully saturated rings. The Morgan fingerprint density at radius 3 is 2.95 bits per heavy atom. The van der Waals surface area contributed by atoms with Gasteiger partial charge in [-0.25, -0.2) is 9.97 Å². The van der Waals surface area contributed by atoms with Gasteiger partial charge >= 0.3 is 0 Å². The van der Waals surface area contributed by atoms with Gasteiger partial charge in [0.1, 0.15) is 5.82 Å². The topological polar surface area (TPSA) is 41.6 Å². The predicted octanol–water partition coefficient (Wildman–Crippen LogP) is 3.25. The van der Waals surface area contributed by atoms with Crippen LogP contribution in [0.5, 0.6) is 0 Å². The third-order valence-corrected chi connectivity index (χ3v) is 3.61. The maximum Gasteiger partial charge on any atom is 0.126 e. The fourth-order valence-corrected chi connectivity index (χ4v) is 2.76. The van der Waals surface area contributed by atoms with Crippen LogP contribution >= 0.6 is 0 Å². The standard InChI is InChI=1S/C16H13N3/c1-10-18-14-8-9-17-16(14)15(19-10)13-7-6-11-4-2-3-5-12(11)13/h2-5,7-9,17H,6H2,1H3. The Morgan fingerprint density at radius 1 is 1.11 bits per heavy atom. The second kappa shape index (κ2) is 3.79. The summed E-state index contributed by atoms with van der Waals surface area (Å²) >= 11 is 0. The second-order valence-corrected chi connectivity index (χ2v) is 4.84. The Hall–Kier alpha value is -2.42. The van der Waals surface area contributed by atoms with Crippen molar-refractivity contribution in [3.05, 3.63) is 65.2 Å². The van der Waals surface area contributed by atoms with Gasteiger partial charge in [-0.1, -0.05) is 30.3 Å². The summed E-state index contributed by atoms with van der Waals surface area (Å²) in [5.74, 6) is 0.812. The highest BCUT2D eigenvalue weighted by atomic mass is 14.9. The number of nitrogens with zero attached hydrogens (tertiary/aromatic N) is 2. The van der Waals surface area contributed by atoms with Crippen LogP contribution in [0.2, 0.25) is 0 Å². The van der Waals surface area contributed by atoms with Crippen LogP contribution in [0.25, 0.3) is 16.6 Å². The summed E-state index contributed by atoms with van der Waals surface area (Å²) in [5.41, 5.74) is 6.89. The minimum atomic E-state index is 0.812. The van der Waals surface area contributed by atoms with Crippen molar-refractivity contribution in [3.63, 3.8) is 0 Å². The smallest absolute Gasteiger partial charge is 0.126 e. The first-order valence-electron chi connectivity index (χ1n) is 6.43. The first-order valence-corrected chi connectivity index (χ1v) is 6.43. The molecule has 2 heterocycles. The molecule has 0 spiro atoms. The SMILES string of the molecule is Cc1nc(C2=CCc3ccccc32)c2[nH]ccc2n1. The molecule has 0 amide bonds. The van der Waals surface area contributed by atoms with E-state index in [1.165, 1.54) is 16.7 Å². The number of hydrogen-bond acceptors (Lipinski definition) is 2. The van der Waals surface area contributed by atoms with E-state index in [2.05, 4.69) is 45.3 Å². The lowest BCUT2D eigenvalue weighted by Gasteiger charge is -2.07. The minimum Gasteiger partial charge on any atom is -0.358 e. The summed E-state index contributed by atoms with van der Waals surface area (Å²) in [6.45, 7) is 1.94. The van der Waals surface area contributed by atoms with Crippen LogP contribution in [0.3, 0.4) is 0 Å². The van der Waals surface area contributed by atoms with Gasteiger partial charge in [-0.05, 0) is 30.5 Å². The van der Waals surface area contributed by atoms with E-state index in [0.717, 1.165) is 29.0 Å². The van der Waals surface area contributed by atoms with Crippen LogP contribution < -0.4 is 0 Å². The molecule has 3 nitrogen and oxygen atoms in total. The van der Waals surface area contributed by atoms with Gasteiger partial charge in [0.15, 0.2) is 0 Å². The number of rotatable bonds is 1. The molecule has 0 radical (unpaired) electrons. The van der Waals surface area contributed by atoms with Crippen LogP contribution in [-0.2, 0) is 6.42 Å². The summed E-state index contributed by atoms with van der Waals surface area (Å²) in [4.78, 5) is 12.4.